The fourth-order valence-corrected chi connectivity index (χ4v) is 5.59. The normalized spacial score (nSPS) is 14.6. The molecular weight excluding hydrogens is 494 g/mol. The topological polar surface area (TPSA) is 52.9 Å². The molecule has 0 bridgehead atoms. The molecule has 1 N–H and O–H groups in total. The highest BCUT2D eigenvalue weighted by Gasteiger charge is 2.17. The van der Waals surface area contributed by atoms with Crippen molar-refractivity contribution >= 4 is 12.1 Å². The van der Waals surface area contributed by atoms with Gasteiger partial charge in [-0.3, -0.25) is 14.6 Å². The second kappa shape index (κ2) is 12.5. The van der Waals surface area contributed by atoms with E-state index in [1.165, 1.54) is 22.3 Å². The zero-order valence-electron chi connectivity index (χ0n) is 24.0. The standard InChI is InChI=1S/C34H39N5O/c1-25-18-26(2)20-33(19-25)39-27(3)21-32(28(39)4)22-35-36-34(40)31-12-10-30(11-13-31)24-38-16-14-37(15-17-38)23-29-8-6-5-7-9-29/h5-13,18-22H,14-17,23-24H2,1-4H3,(H,36,40)/b35-22-. The van der Waals surface area contributed by atoms with Gasteiger partial charge in [0.25, 0.3) is 5.91 Å². The summed E-state index contributed by atoms with van der Waals surface area (Å²) in [5.41, 5.74) is 12.7. The number of rotatable bonds is 8. The van der Waals surface area contributed by atoms with E-state index < -0.39 is 0 Å². The fraction of sp³-hybridized carbons (Fsp3) is 0.294. The monoisotopic (exact) mass is 533 g/mol. The molecule has 206 valence electrons. The number of nitrogens with zero attached hydrogens (tertiary/aromatic N) is 4. The maximum Gasteiger partial charge on any atom is 0.271 e. The van der Waals surface area contributed by atoms with E-state index in [2.05, 4.69) is 107 Å². The third-order valence-corrected chi connectivity index (χ3v) is 7.64. The van der Waals surface area contributed by atoms with Gasteiger partial charge < -0.3 is 4.57 Å². The van der Waals surface area contributed by atoms with Crippen molar-refractivity contribution in [2.45, 2.75) is 40.8 Å². The number of amides is 1. The Kier molecular flexibility index (Phi) is 8.58. The number of carbonyl (C=O) groups excluding carboxylic acids is 1. The molecule has 1 aliphatic heterocycles. The molecule has 40 heavy (non-hydrogen) atoms. The Hall–Kier alpha value is -4.00. The summed E-state index contributed by atoms with van der Waals surface area (Å²) in [5, 5.41) is 4.26. The fourth-order valence-electron chi connectivity index (χ4n) is 5.59. The number of hydrazone groups is 1. The van der Waals surface area contributed by atoms with Gasteiger partial charge in [0, 0.05) is 67.5 Å². The van der Waals surface area contributed by atoms with Crippen molar-refractivity contribution in [2.75, 3.05) is 26.2 Å². The van der Waals surface area contributed by atoms with Gasteiger partial charge in [-0.25, -0.2) is 5.43 Å². The van der Waals surface area contributed by atoms with Gasteiger partial charge in [0.1, 0.15) is 0 Å². The number of hydrogen-bond donors (Lipinski definition) is 1. The van der Waals surface area contributed by atoms with Gasteiger partial charge in [0.2, 0.25) is 0 Å². The number of aromatic nitrogens is 1. The predicted octanol–water partition coefficient (Wildman–Crippen LogP) is 5.79. The second-order valence-electron chi connectivity index (χ2n) is 10.9. The van der Waals surface area contributed by atoms with Gasteiger partial charge in [0.15, 0.2) is 0 Å². The lowest BCUT2D eigenvalue weighted by Crippen LogP contribution is -2.45. The molecular formula is C34H39N5O. The van der Waals surface area contributed by atoms with Crippen LogP contribution in [0.3, 0.4) is 0 Å². The Morgan fingerprint density at radius 2 is 1.35 bits per heavy atom. The molecule has 1 amide bonds. The molecule has 0 unspecified atom stereocenters. The number of carbonyl (C=O) groups is 1. The smallest absolute Gasteiger partial charge is 0.271 e. The summed E-state index contributed by atoms with van der Waals surface area (Å²) < 4.78 is 2.23. The molecule has 4 aromatic rings. The van der Waals surface area contributed by atoms with Crippen LogP contribution in [0.4, 0.5) is 0 Å². The van der Waals surface area contributed by atoms with E-state index in [9.17, 15) is 4.79 Å². The lowest BCUT2D eigenvalue weighted by molar-refractivity contribution is 0.0955. The van der Waals surface area contributed by atoms with Crippen molar-refractivity contribution in [2.24, 2.45) is 5.10 Å². The highest BCUT2D eigenvalue weighted by atomic mass is 16.2. The average Bonchev–Trinajstić information content (AvgIpc) is 3.22. The minimum absolute atomic E-state index is 0.208. The van der Waals surface area contributed by atoms with Crippen LogP contribution < -0.4 is 5.43 Å². The molecule has 0 radical (unpaired) electrons. The summed E-state index contributed by atoms with van der Waals surface area (Å²) in [5.74, 6) is -0.208. The van der Waals surface area contributed by atoms with Gasteiger partial charge in [-0.05, 0) is 80.3 Å². The Balaban J connectivity index is 1.13. The summed E-state index contributed by atoms with van der Waals surface area (Å²) in [6.07, 6.45) is 1.73. The molecule has 2 heterocycles. The maximum absolute atomic E-state index is 12.7. The van der Waals surface area contributed by atoms with Crippen molar-refractivity contribution in [3.63, 3.8) is 0 Å². The number of benzene rings is 3. The summed E-state index contributed by atoms with van der Waals surface area (Å²) in [4.78, 5) is 17.7. The van der Waals surface area contributed by atoms with Gasteiger partial charge in [-0.1, -0.05) is 48.5 Å². The molecule has 1 aromatic heterocycles. The molecule has 0 atom stereocenters. The number of piperazine rings is 1. The molecule has 5 rings (SSSR count). The van der Waals surface area contributed by atoms with E-state index >= 15 is 0 Å². The van der Waals surface area contributed by atoms with Crippen molar-refractivity contribution in [1.29, 1.82) is 0 Å². The SMILES string of the molecule is Cc1cc(C)cc(-n2c(C)cc(/C=N\NC(=O)c3ccc(CN4CCN(Cc5ccccc5)CC4)cc3)c2C)c1. The Morgan fingerprint density at radius 1 is 0.775 bits per heavy atom. The van der Waals surface area contributed by atoms with Crippen LogP contribution in [0.1, 0.15) is 49.6 Å². The van der Waals surface area contributed by atoms with Crippen LogP contribution in [-0.2, 0) is 13.1 Å². The van der Waals surface area contributed by atoms with Crippen molar-refractivity contribution in [3.05, 3.63) is 124 Å². The highest BCUT2D eigenvalue weighted by Crippen LogP contribution is 2.22. The van der Waals surface area contributed by atoms with E-state index in [4.69, 9.17) is 0 Å². The average molecular weight is 534 g/mol. The van der Waals surface area contributed by atoms with Gasteiger partial charge in [-0.2, -0.15) is 5.10 Å². The van der Waals surface area contributed by atoms with E-state index in [1.807, 2.05) is 24.3 Å². The molecule has 1 fully saturated rings. The lowest BCUT2D eigenvalue weighted by atomic mass is 10.1. The van der Waals surface area contributed by atoms with E-state index in [0.29, 0.717) is 5.56 Å². The Bertz CT molecular complexity index is 1460. The zero-order valence-corrected chi connectivity index (χ0v) is 24.0. The third-order valence-electron chi connectivity index (χ3n) is 7.64. The third kappa shape index (κ3) is 6.76. The van der Waals surface area contributed by atoms with Crippen LogP contribution in [0.25, 0.3) is 5.69 Å². The molecule has 6 nitrogen and oxygen atoms in total. The molecule has 1 saturated heterocycles. The molecule has 0 spiro atoms. The molecule has 6 heteroatoms. The van der Waals surface area contributed by atoms with Crippen molar-refractivity contribution in [1.82, 2.24) is 19.8 Å². The second-order valence-corrected chi connectivity index (χ2v) is 10.9. The summed E-state index contributed by atoms with van der Waals surface area (Å²) in [6, 6.07) is 27.2. The van der Waals surface area contributed by atoms with E-state index in [-0.39, 0.29) is 5.91 Å². The van der Waals surface area contributed by atoms with Crippen LogP contribution in [0.15, 0.2) is 84.0 Å². The minimum atomic E-state index is -0.208. The number of aryl methyl sites for hydroxylation is 3. The number of nitrogens with one attached hydrogen (secondary N) is 1. The van der Waals surface area contributed by atoms with Crippen LogP contribution in [0.5, 0.6) is 0 Å². The first-order valence-corrected chi connectivity index (χ1v) is 14.0. The molecule has 1 aliphatic rings. The van der Waals surface area contributed by atoms with Crippen molar-refractivity contribution < 1.29 is 4.79 Å². The number of hydrogen-bond acceptors (Lipinski definition) is 4. The summed E-state index contributed by atoms with van der Waals surface area (Å²) in [6.45, 7) is 14.5. The van der Waals surface area contributed by atoms with Crippen LogP contribution in [0, 0.1) is 27.7 Å². The first-order chi connectivity index (χ1) is 19.4. The maximum atomic E-state index is 12.7. The van der Waals surface area contributed by atoms with Gasteiger partial charge >= 0.3 is 0 Å². The highest BCUT2D eigenvalue weighted by molar-refractivity contribution is 5.95. The largest absolute Gasteiger partial charge is 0.318 e. The first-order valence-electron chi connectivity index (χ1n) is 14.0. The van der Waals surface area contributed by atoms with E-state index in [1.54, 1.807) is 6.21 Å². The van der Waals surface area contributed by atoms with Gasteiger partial charge in [-0.15, -0.1) is 0 Å². The minimum Gasteiger partial charge on any atom is -0.318 e. The quantitative estimate of drug-likeness (QED) is 0.230. The Morgan fingerprint density at radius 3 is 1.95 bits per heavy atom. The van der Waals surface area contributed by atoms with Crippen molar-refractivity contribution in [3.8, 4) is 5.69 Å². The first kappa shape index (κ1) is 27.6. The summed E-state index contributed by atoms with van der Waals surface area (Å²) >= 11 is 0. The molecule has 0 aliphatic carbocycles. The van der Waals surface area contributed by atoms with Crippen LogP contribution in [0.2, 0.25) is 0 Å². The molecule has 0 saturated carbocycles. The molecule has 3 aromatic carbocycles. The Labute approximate surface area is 237 Å². The predicted molar refractivity (Wildman–Crippen MR) is 163 cm³/mol. The summed E-state index contributed by atoms with van der Waals surface area (Å²) in [7, 11) is 0. The van der Waals surface area contributed by atoms with Crippen LogP contribution >= 0.6 is 0 Å². The zero-order chi connectivity index (χ0) is 28.1. The van der Waals surface area contributed by atoms with Crippen LogP contribution in [-0.4, -0.2) is 52.7 Å². The van der Waals surface area contributed by atoms with Gasteiger partial charge in [0.05, 0.1) is 6.21 Å². The van der Waals surface area contributed by atoms with E-state index in [0.717, 1.165) is 61.9 Å². The lowest BCUT2D eigenvalue weighted by Gasteiger charge is -2.34.